The monoisotopic (exact) mass is 271 g/mol. The van der Waals surface area contributed by atoms with E-state index in [4.69, 9.17) is 10.5 Å². The summed E-state index contributed by atoms with van der Waals surface area (Å²) in [6, 6.07) is 16.4. The predicted octanol–water partition coefficient (Wildman–Crippen LogP) is 1.92. The Bertz CT molecular complexity index is 552. The van der Waals surface area contributed by atoms with Gasteiger partial charge in [0, 0.05) is 12.1 Å². The second-order valence-corrected chi connectivity index (χ2v) is 4.55. The van der Waals surface area contributed by atoms with Crippen LogP contribution in [0.1, 0.15) is 11.1 Å². The first-order valence-corrected chi connectivity index (χ1v) is 6.38. The van der Waals surface area contributed by atoms with E-state index in [1.165, 1.54) is 0 Å². The third-order valence-corrected chi connectivity index (χ3v) is 2.90. The molecule has 20 heavy (non-hydrogen) atoms. The van der Waals surface area contributed by atoms with Crippen LogP contribution in [0, 0.1) is 0 Å². The topological polar surface area (TPSA) is 72.5 Å². The maximum absolute atomic E-state index is 11.7. The van der Waals surface area contributed by atoms with Gasteiger partial charge in [-0.2, -0.15) is 0 Å². The lowest BCUT2D eigenvalue weighted by Gasteiger charge is -2.11. The smallest absolute Gasteiger partial charge is 0.335 e. The average Bonchev–Trinajstić information content (AvgIpc) is 2.48. The molecule has 0 aromatic heterocycles. The molecule has 0 bridgehead atoms. The van der Waals surface area contributed by atoms with Crippen LogP contribution in [0.15, 0.2) is 54.6 Å². The Hall–Kier alpha value is -2.33. The van der Waals surface area contributed by atoms with Crippen molar-refractivity contribution in [3.63, 3.8) is 0 Å². The van der Waals surface area contributed by atoms with Crippen molar-refractivity contribution >= 4 is 11.7 Å². The Morgan fingerprint density at radius 3 is 2.35 bits per heavy atom. The van der Waals surface area contributed by atoms with Gasteiger partial charge in [0.1, 0.15) is 6.61 Å². The molecule has 0 radical (unpaired) electrons. The number of nitrogens with two attached hydrogens (primary N) is 1. The summed E-state index contributed by atoms with van der Waals surface area (Å²) < 4.78 is 5.07. The Balaban J connectivity index is 1.84. The standard InChI is InChI=1S/C16H17NO3/c17-14-8-6-12(7-9-14)10-15(18)16(19)20-11-13-4-2-1-3-5-13/h1-9,15,18H,10-11,17H2/t15-/m0/s1. The minimum absolute atomic E-state index is 0.165. The fourth-order valence-corrected chi connectivity index (χ4v) is 1.79. The molecule has 2 aromatic carbocycles. The SMILES string of the molecule is Nc1ccc(C[C@H](O)C(=O)OCc2ccccc2)cc1. The van der Waals surface area contributed by atoms with Crippen molar-refractivity contribution < 1.29 is 14.6 Å². The zero-order valence-corrected chi connectivity index (χ0v) is 11.0. The predicted molar refractivity (Wildman–Crippen MR) is 76.8 cm³/mol. The van der Waals surface area contributed by atoms with Crippen LogP contribution in [0.3, 0.4) is 0 Å². The molecule has 2 rings (SSSR count). The molecule has 0 saturated heterocycles. The van der Waals surface area contributed by atoms with E-state index >= 15 is 0 Å². The number of aliphatic hydroxyl groups is 1. The second kappa shape index (κ2) is 6.73. The lowest BCUT2D eigenvalue weighted by atomic mass is 10.1. The van der Waals surface area contributed by atoms with Crippen LogP contribution in [0.2, 0.25) is 0 Å². The lowest BCUT2D eigenvalue weighted by Crippen LogP contribution is -2.25. The highest BCUT2D eigenvalue weighted by molar-refractivity contribution is 5.74. The molecular weight excluding hydrogens is 254 g/mol. The molecule has 0 aliphatic carbocycles. The van der Waals surface area contributed by atoms with E-state index in [9.17, 15) is 9.90 Å². The number of carbonyl (C=O) groups is 1. The van der Waals surface area contributed by atoms with Crippen LogP contribution in [0.5, 0.6) is 0 Å². The molecule has 0 aliphatic heterocycles. The first kappa shape index (κ1) is 14.1. The zero-order valence-electron chi connectivity index (χ0n) is 11.0. The minimum atomic E-state index is -1.16. The highest BCUT2D eigenvalue weighted by Gasteiger charge is 2.17. The number of rotatable bonds is 5. The normalized spacial score (nSPS) is 11.8. The largest absolute Gasteiger partial charge is 0.459 e. The van der Waals surface area contributed by atoms with Crippen LogP contribution in [0.25, 0.3) is 0 Å². The van der Waals surface area contributed by atoms with E-state index < -0.39 is 12.1 Å². The van der Waals surface area contributed by atoms with E-state index in [-0.39, 0.29) is 13.0 Å². The van der Waals surface area contributed by atoms with Crippen LogP contribution < -0.4 is 5.73 Å². The van der Waals surface area contributed by atoms with Gasteiger partial charge in [-0.3, -0.25) is 0 Å². The van der Waals surface area contributed by atoms with Crippen LogP contribution in [-0.4, -0.2) is 17.2 Å². The number of hydrogen-bond donors (Lipinski definition) is 2. The third-order valence-electron chi connectivity index (χ3n) is 2.90. The van der Waals surface area contributed by atoms with Gasteiger partial charge in [0.25, 0.3) is 0 Å². The number of carbonyl (C=O) groups excluding carboxylic acids is 1. The molecule has 0 fully saturated rings. The molecule has 0 unspecified atom stereocenters. The average molecular weight is 271 g/mol. The van der Waals surface area contributed by atoms with E-state index in [0.717, 1.165) is 11.1 Å². The van der Waals surface area contributed by atoms with Crippen molar-refractivity contribution in [3.8, 4) is 0 Å². The Kier molecular flexibility index (Phi) is 4.74. The van der Waals surface area contributed by atoms with Gasteiger partial charge in [-0.05, 0) is 23.3 Å². The van der Waals surface area contributed by atoms with Crippen LogP contribution >= 0.6 is 0 Å². The molecule has 104 valence electrons. The highest BCUT2D eigenvalue weighted by Crippen LogP contribution is 2.09. The summed E-state index contributed by atoms with van der Waals surface area (Å²) in [6.07, 6.45) is -0.948. The number of esters is 1. The molecule has 4 nitrogen and oxygen atoms in total. The number of ether oxygens (including phenoxy) is 1. The van der Waals surface area contributed by atoms with Gasteiger partial charge in [0.05, 0.1) is 0 Å². The summed E-state index contributed by atoms with van der Waals surface area (Å²) in [5.41, 5.74) is 7.95. The quantitative estimate of drug-likeness (QED) is 0.643. The summed E-state index contributed by atoms with van der Waals surface area (Å²) in [4.78, 5) is 11.7. The number of nitrogen functional groups attached to an aromatic ring is 1. The summed E-state index contributed by atoms with van der Waals surface area (Å²) in [7, 11) is 0. The van der Waals surface area contributed by atoms with Gasteiger partial charge in [-0.1, -0.05) is 42.5 Å². The lowest BCUT2D eigenvalue weighted by molar-refractivity contribution is -0.154. The third kappa shape index (κ3) is 4.10. The Morgan fingerprint density at radius 2 is 1.70 bits per heavy atom. The maximum atomic E-state index is 11.7. The fraction of sp³-hybridized carbons (Fsp3) is 0.188. The van der Waals surface area contributed by atoms with Crippen molar-refractivity contribution in [1.82, 2.24) is 0 Å². The van der Waals surface area contributed by atoms with Gasteiger partial charge < -0.3 is 15.6 Å². The van der Waals surface area contributed by atoms with Crippen molar-refractivity contribution in [1.29, 1.82) is 0 Å². The number of anilines is 1. The molecule has 2 aromatic rings. The van der Waals surface area contributed by atoms with E-state index in [1.54, 1.807) is 24.3 Å². The van der Waals surface area contributed by atoms with Crippen molar-refractivity contribution in [2.75, 3.05) is 5.73 Å². The molecule has 0 amide bonds. The van der Waals surface area contributed by atoms with E-state index in [2.05, 4.69) is 0 Å². The summed E-state index contributed by atoms with van der Waals surface area (Å²) in [5, 5.41) is 9.81. The van der Waals surface area contributed by atoms with Crippen LogP contribution in [0.4, 0.5) is 5.69 Å². The first-order chi connectivity index (χ1) is 9.65. The molecule has 0 saturated carbocycles. The molecular formula is C16H17NO3. The highest BCUT2D eigenvalue weighted by atomic mass is 16.5. The Labute approximate surface area is 117 Å². The van der Waals surface area contributed by atoms with Gasteiger partial charge >= 0.3 is 5.97 Å². The number of hydrogen-bond acceptors (Lipinski definition) is 4. The zero-order chi connectivity index (χ0) is 14.4. The molecule has 0 aliphatic rings. The van der Waals surface area contributed by atoms with Gasteiger partial charge in [0.15, 0.2) is 6.10 Å². The van der Waals surface area contributed by atoms with Crippen molar-refractivity contribution in [2.45, 2.75) is 19.1 Å². The fourth-order valence-electron chi connectivity index (χ4n) is 1.79. The summed E-state index contributed by atoms with van der Waals surface area (Å²) in [5.74, 6) is -0.620. The summed E-state index contributed by atoms with van der Waals surface area (Å²) >= 11 is 0. The van der Waals surface area contributed by atoms with E-state index in [1.807, 2.05) is 30.3 Å². The maximum Gasteiger partial charge on any atom is 0.335 e. The van der Waals surface area contributed by atoms with Gasteiger partial charge in [-0.25, -0.2) is 4.79 Å². The number of benzene rings is 2. The van der Waals surface area contributed by atoms with Crippen molar-refractivity contribution in [2.24, 2.45) is 0 Å². The molecule has 0 spiro atoms. The Morgan fingerprint density at radius 1 is 1.05 bits per heavy atom. The van der Waals surface area contributed by atoms with E-state index in [0.29, 0.717) is 5.69 Å². The van der Waals surface area contributed by atoms with Crippen molar-refractivity contribution in [3.05, 3.63) is 65.7 Å². The first-order valence-electron chi connectivity index (χ1n) is 6.38. The summed E-state index contributed by atoms with van der Waals surface area (Å²) in [6.45, 7) is 0.165. The molecule has 1 atom stereocenters. The van der Waals surface area contributed by atoms with Gasteiger partial charge in [0.2, 0.25) is 0 Å². The molecule has 4 heteroatoms. The number of aliphatic hydroxyl groups excluding tert-OH is 1. The second-order valence-electron chi connectivity index (χ2n) is 4.55. The van der Waals surface area contributed by atoms with Crippen LogP contribution in [-0.2, 0) is 22.6 Å². The molecule has 3 N–H and O–H groups in total. The van der Waals surface area contributed by atoms with Gasteiger partial charge in [-0.15, -0.1) is 0 Å². The molecule has 0 heterocycles. The minimum Gasteiger partial charge on any atom is -0.459 e.